The SMILES string of the molecule is C[C@]12C=C[C@](C)(O1)[C@H](OC(=O)c1ccccc1)[C@@H]2OC(=O)c1ccccc1. The number of ether oxygens (including phenoxy) is 3. The number of hydrogen-bond acceptors (Lipinski definition) is 5. The second-order valence-electron chi connectivity index (χ2n) is 7.19. The van der Waals surface area contributed by atoms with Crippen LogP contribution < -0.4 is 0 Å². The van der Waals surface area contributed by atoms with Crippen LogP contribution in [0.3, 0.4) is 0 Å². The van der Waals surface area contributed by atoms with Crippen molar-refractivity contribution in [2.45, 2.75) is 37.3 Å². The zero-order valence-electron chi connectivity index (χ0n) is 15.1. The third kappa shape index (κ3) is 3.04. The maximum absolute atomic E-state index is 12.6. The molecule has 2 bridgehead atoms. The summed E-state index contributed by atoms with van der Waals surface area (Å²) in [4.78, 5) is 25.2. The van der Waals surface area contributed by atoms with Crippen molar-refractivity contribution < 1.29 is 23.8 Å². The average Bonchev–Trinajstić information content (AvgIpc) is 3.11. The molecule has 0 saturated carbocycles. The standard InChI is InChI=1S/C22H20O5/c1-21-13-14-22(2,27-21)18(26-20(24)16-11-7-4-8-12-16)17(21)25-19(23)15-9-5-3-6-10-15/h3-14,17-18H,1-2H3/t17-,18+,21+,22-. The maximum atomic E-state index is 12.6. The van der Waals surface area contributed by atoms with E-state index in [0.29, 0.717) is 11.1 Å². The first-order valence-corrected chi connectivity index (χ1v) is 8.84. The smallest absolute Gasteiger partial charge is 0.338 e. The summed E-state index contributed by atoms with van der Waals surface area (Å²) in [7, 11) is 0. The molecule has 0 aromatic heterocycles. The summed E-state index contributed by atoms with van der Waals surface area (Å²) in [6.07, 6.45) is 2.24. The molecule has 2 aromatic carbocycles. The van der Waals surface area contributed by atoms with Crippen LogP contribution in [0.15, 0.2) is 72.8 Å². The molecule has 138 valence electrons. The summed E-state index contributed by atoms with van der Waals surface area (Å²) in [6, 6.07) is 17.5. The maximum Gasteiger partial charge on any atom is 0.338 e. The largest absolute Gasteiger partial charge is 0.451 e. The van der Waals surface area contributed by atoms with Gasteiger partial charge in [-0.05, 0) is 38.1 Å². The van der Waals surface area contributed by atoms with Crippen molar-refractivity contribution in [3.05, 3.63) is 83.9 Å². The van der Waals surface area contributed by atoms with Crippen LogP contribution in [0.5, 0.6) is 0 Å². The van der Waals surface area contributed by atoms with Crippen molar-refractivity contribution in [3.8, 4) is 0 Å². The van der Waals surface area contributed by atoms with Crippen molar-refractivity contribution in [2.24, 2.45) is 0 Å². The number of fused-ring (bicyclic) bond motifs is 2. The fourth-order valence-corrected chi connectivity index (χ4v) is 3.65. The van der Waals surface area contributed by atoms with Gasteiger partial charge in [-0.3, -0.25) is 0 Å². The van der Waals surface area contributed by atoms with Crippen LogP contribution in [-0.2, 0) is 14.2 Å². The predicted molar refractivity (Wildman–Crippen MR) is 98.3 cm³/mol. The van der Waals surface area contributed by atoms with Crippen molar-refractivity contribution in [1.82, 2.24) is 0 Å². The van der Waals surface area contributed by atoms with Gasteiger partial charge < -0.3 is 14.2 Å². The van der Waals surface area contributed by atoms with Gasteiger partial charge >= 0.3 is 11.9 Å². The minimum absolute atomic E-state index is 0.436. The number of hydrogen-bond donors (Lipinski definition) is 0. The summed E-state index contributed by atoms with van der Waals surface area (Å²) in [5.41, 5.74) is -0.820. The van der Waals surface area contributed by atoms with Crippen LogP contribution in [0.25, 0.3) is 0 Å². The quantitative estimate of drug-likeness (QED) is 0.613. The molecule has 1 fully saturated rings. The second kappa shape index (κ2) is 6.35. The molecule has 5 heteroatoms. The Labute approximate surface area is 157 Å². The molecule has 5 nitrogen and oxygen atoms in total. The van der Waals surface area contributed by atoms with Gasteiger partial charge in [-0.15, -0.1) is 0 Å². The summed E-state index contributed by atoms with van der Waals surface area (Å²) >= 11 is 0. The normalized spacial score (nSPS) is 30.9. The molecule has 0 aliphatic carbocycles. The predicted octanol–water partition coefficient (Wildman–Crippen LogP) is 3.56. The lowest BCUT2D eigenvalue weighted by Crippen LogP contribution is -2.49. The van der Waals surface area contributed by atoms with Crippen molar-refractivity contribution >= 4 is 11.9 Å². The fraction of sp³-hybridized carbons (Fsp3) is 0.273. The molecule has 2 heterocycles. The third-order valence-electron chi connectivity index (χ3n) is 5.08. The Kier molecular flexibility index (Phi) is 4.12. The highest BCUT2D eigenvalue weighted by Gasteiger charge is 2.64. The highest BCUT2D eigenvalue weighted by Crippen LogP contribution is 2.48. The highest BCUT2D eigenvalue weighted by atomic mass is 16.7. The van der Waals surface area contributed by atoms with E-state index in [4.69, 9.17) is 14.2 Å². The van der Waals surface area contributed by atoms with E-state index < -0.39 is 35.3 Å². The number of carbonyl (C=O) groups is 2. The van der Waals surface area contributed by atoms with E-state index >= 15 is 0 Å². The topological polar surface area (TPSA) is 61.8 Å². The molecule has 0 spiro atoms. The van der Waals surface area contributed by atoms with Crippen LogP contribution in [0.1, 0.15) is 34.6 Å². The van der Waals surface area contributed by atoms with Gasteiger partial charge in [-0.25, -0.2) is 9.59 Å². The lowest BCUT2D eigenvalue weighted by atomic mass is 9.85. The van der Waals surface area contributed by atoms with Gasteiger partial charge in [0.15, 0.2) is 12.2 Å². The van der Waals surface area contributed by atoms with E-state index in [1.165, 1.54) is 0 Å². The van der Waals surface area contributed by atoms with Gasteiger partial charge in [-0.2, -0.15) is 0 Å². The molecular formula is C22H20O5. The molecule has 2 aliphatic heterocycles. The monoisotopic (exact) mass is 364 g/mol. The molecule has 4 rings (SSSR count). The Hall–Kier alpha value is -2.92. The molecular weight excluding hydrogens is 344 g/mol. The third-order valence-corrected chi connectivity index (χ3v) is 5.08. The summed E-state index contributed by atoms with van der Waals surface area (Å²) < 4.78 is 17.6. The molecule has 0 amide bonds. The van der Waals surface area contributed by atoms with E-state index in [-0.39, 0.29) is 0 Å². The van der Waals surface area contributed by atoms with Gasteiger partial charge in [0.1, 0.15) is 11.2 Å². The first kappa shape index (κ1) is 17.5. The minimum Gasteiger partial charge on any atom is -0.451 e. The molecule has 2 aromatic rings. The zero-order valence-corrected chi connectivity index (χ0v) is 15.1. The Bertz CT molecular complexity index is 818. The van der Waals surface area contributed by atoms with E-state index in [9.17, 15) is 9.59 Å². The Balaban J connectivity index is 1.59. The summed E-state index contributed by atoms with van der Waals surface area (Å²) in [5, 5.41) is 0. The Morgan fingerprint density at radius 2 is 1.11 bits per heavy atom. The lowest BCUT2D eigenvalue weighted by molar-refractivity contribution is -0.0506. The molecule has 27 heavy (non-hydrogen) atoms. The van der Waals surface area contributed by atoms with Crippen LogP contribution in [0.4, 0.5) is 0 Å². The summed E-state index contributed by atoms with van der Waals surface area (Å²) in [6.45, 7) is 3.65. The van der Waals surface area contributed by atoms with Gasteiger partial charge in [0.2, 0.25) is 0 Å². The first-order valence-electron chi connectivity index (χ1n) is 8.84. The van der Waals surface area contributed by atoms with Crippen molar-refractivity contribution in [2.75, 3.05) is 0 Å². The van der Waals surface area contributed by atoms with Gasteiger partial charge in [0, 0.05) is 0 Å². The molecule has 4 atom stereocenters. The van der Waals surface area contributed by atoms with E-state index in [1.54, 1.807) is 48.5 Å². The molecule has 2 aliphatic rings. The van der Waals surface area contributed by atoms with Crippen LogP contribution in [-0.4, -0.2) is 35.3 Å². The van der Waals surface area contributed by atoms with Crippen molar-refractivity contribution in [1.29, 1.82) is 0 Å². The van der Waals surface area contributed by atoms with E-state index in [0.717, 1.165) is 0 Å². The number of carbonyl (C=O) groups excluding carboxylic acids is 2. The van der Waals surface area contributed by atoms with Gasteiger partial charge in [0.25, 0.3) is 0 Å². The summed E-state index contributed by atoms with van der Waals surface area (Å²) in [5.74, 6) is -0.952. The Morgan fingerprint density at radius 3 is 1.48 bits per heavy atom. The van der Waals surface area contributed by atoms with Gasteiger partial charge in [0.05, 0.1) is 11.1 Å². The zero-order chi connectivity index (χ0) is 19.1. The number of esters is 2. The van der Waals surface area contributed by atoms with Crippen LogP contribution in [0.2, 0.25) is 0 Å². The number of benzene rings is 2. The fourth-order valence-electron chi connectivity index (χ4n) is 3.65. The van der Waals surface area contributed by atoms with Crippen molar-refractivity contribution in [3.63, 3.8) is 0 Å². The van der Waals surface area contributed by atoms with Gasteiger partial charge in [-0.1, -0.05) is 48.6 Å². The average molecular weight is 364 g/mol. The van der Waals surface area contributed by atoms with E-state index in [2.05, 4.69) is 0 Å². The minimum atomic E-state index is -0.846. The highest BCUT2D eigenvalue weighted by molar-refractivity contribution is 5.90. The second-order valence-corrected chi connectivity index (χ2v) is 7.19. The van der Waals surface area contributed by atoms with Crippen LogP contribution in [0, 0.1) is 0 Å². The molecule has 0 unspecified atom stereocenters. The molecule has 1 saturated heterocycles. The molecule has 0 N–H and O–H groups in total. The first-order chi connectivity index (χ1) is 12.9. The van der Waals surface area contributed by atoms with E-state index in [1.807, 2.05) is 38.1 Å². The Morgan fingerprint density at radius 1 is 0.741 bits per heavy atom. The van der Waals surface area contributed by atoms with Crippen LogP contribution >= 0.6 is 0 Å². The molecule has 0 radical (unpaired) electrons. The lowest BCUT2D eigenvalue weighted by Gasteiger charge is -2.32. The number of rotatable bonds is 4.